The number of fused-ring (bicyclic) bond motifs is 3. The summed E-state index contributed by atoms with van der Waals surface area (Å²) in [6, 6.07) is 6.13. The quantitative estimate of drug-likeness (QED) is 0.263. The Morgan fingerprint density at radius 3 is 2.63 bits per heavy atom. The summed E-state index contributed by atoms with van der Waals surface area (Å²) in [5.74, 6) is 0.716. The molecule has 2 aromatic heterocycles. The SMILES string of the molecule is Cc1cccc(C(C)C)c1NC(=O)[C@H](C)Sc1nc2sc3c(c2c(=O)n1CCC(C)C)CCCC3. The lowest BCUT2D eigenvalue weighted by atomic mass is 9.97. The molecule has 0 aliphatic heterocycles. The number of rotatable bonds is 8. The van der Waals surface area contributed by atoms with Crippen LogP contribution in [0.3, 0.4) is 0 Å². The van der Waals surface area contributed by atoms with Crippen LogP contribution >= 0.6 is 23.1 Å². The van der Waals surface area contributed by atoms with Gasteiger partial charge < -0.3 is 5.32 Å². The molecule has 35 heavy (non-hydrogen) atoms. The van der Waals surface area contributed by atoms with Crippen molar-refractivity contribution < 1.29 is 4.79 Å². The molecule has 0 spiro atoms. The summed E-state index contributed by atoms with van der Waals surface area (Å²) in [7, 11) is 0. The highest BCUT2D eigenvalue weighted by molar-refractivity contribution is 8.00. The van der Waals surface area contributed by atoms with Crippen molar-refractivity contribution in [2.75, 3.05) is 5.32 Å². The number of aryl methyl sites for hydroxylation is 3. The van der Waals surface area contributed by atoms with Crippen LogP contribution in [0.1, 0.15) is 81.4 Å². The summed E-state index contributed by atoms with van der Waals surface area (Å²) in [4.78, 5) is 34.1. The van der Waals surface area contributed by atoms with E-state index in [1.807, 2.05) is 30.5 Å². The lowest BCUT2D eigenvalue weighted by Crippen LogP contribution is -2.28. The van der Waals surface area contributed by atoms with Crippen LogP contribution in [-0.2, 0) is 24.2 Å². The Morgan fingerprint density at radius 1 is 1.17 bits per heavy atom. The molecule has 0 saturated heterocycles. The van der Waals surface area contributed by atoms with Crippen molar-refractivity contribution in [2.24, 2.45) is 5.92 Å². The van der Waals surface area contributed by atoms with Crippen molar-refractivity contribution in [2.45, 2.75) is 96.5 Å². The predicted molar refractivity (Wildman–Crippen MR) is 149 cm³/mol. The maximum atomic E-state index is 13.7. The van der Waals surface area contributed by atoms with Gasteiger partial charge in [0.15, 0.2) is 5.16 Å². The third-order valence-electron chi connectivity index (χ3n) is 6.80. The number of nitrogens with one attached hydrogen (secondary N) is 1. The number of aromatic nitrogens is 2. The number of hydrogen-bond acceptors (Lipinski definition) is 5. The molecular formula is C28H37N3O2S2. The molecule has 4 rings (SSSR count). The maximum absolute atomic E-state index is 13.7. The van der Waals surface area contributed by atoms with Gasteiger partial charge in [0.2, 0.25) is 5.91 Å². The molecule has 1 amide bonds. The number of hydrogen-bond donors (Lipinski definition) is 1. The van der Waals surface area contributed by atoms with Crippen LogP contribution in [0.25, 0.3) is 10.2 Å². The molecule has 3 aromatic rings. The molecule has 188 valence electrons. The summed E-state index contributed by atoms with van der Waals surface area (Å²) >= 11 is 3.06. The average molecular weight is 512 g/mol. The van der Waals surface area contributed by atoms with Gasteiger partial charge in [0.25, 0.3) is 5.56 Å². The highest BCUT2D eigenvalue weighted by atomic mass is 32.2. The first-order chi connectivity index (χ1) is 16.7. The Bertz CT molecular complexity index is 1290. The fourth-order valence-corrected chi connectivity index (χ4v) is 6.91. The van der Waals surface area contributed by atoms with E-state index in [0.29, 0.717) is 23.5 Å². The number of nitrogens with zero attached hydrogens (tertiary/aromatic N) is 2. The number of carbonyl (C=O) groups excluding carboxylic acids is 1. The first-order valence-corrected chi connectivity index (χ1v) is 14.5. The van der Waals surface area contributed by atoms with Crippen molar-refractivity contribution in [3.8, 4) is 0 Å². The summed E-state index contributed by atoms with van der Waals surface area (Å²) in [5.41, 5.74) is 4.36. The van der Waals surface area contributed by atoms with Gasteiger partial charge in [-0.3, -0.25) is 14.2 Å². The number of benzene rings is 1. The van der Waals surface area contributed by atoms with Crippen LogP contribution in [0.5, 0.6) is 0 Å². The monoisotopic (exact) mass is 511 g/mol. The van der Waals surface area contributed by atoms with Crippen molar-refractivity contribution in [1.29, 1.82) is 0 Å². The van der Waals surface area contributed by atoms with E-state index in [1.54, 1.807) is 11.3 Å². The van der Waals surface area contributed by atoms with E-state index < -0.39 is 0 Å². The molecule has 7 heteroatoms. The first kappa shape index (κ1) is 26.0. The van der Waals surface area contributed by atoms with Gasteiger partial charge in [-0.2, -0.15) is 0 Å². The lowest BCUT2D eigenvalue weighted by molar-refractivity contribution is -0.115. The van der Waals surface area contributed by atoms with E-state index in [1.165, 1.54) is 28.6 Å². The molecule has 1 aliphatic carbocycles. The van der Waals surface area contributed by atoms with E-state index in [0.717, 1.165) is 52.7 Å². The second-order valence-corrected chi connectivity index (χ2v) is 12.8. The molecule has 0 unspecified atom stereocenters. The molecule has 2 heterocycles. The average Bonchev–Trinajstić information content (AvgIpc) is 3.18. The number of para-hydroxylation sites is 1. The topological polar surface area (TPSA) is 64.0 Å². The second kappa shape index (κ2) is 10.9. The second-order valence-electron chi connectivity index (χ2n) is 10.4. The van der Waals surface area contributed by atoms with E-state index in [-0.39, 0.29) is 16.7 Å². The third-order valence-corrected chi connectivity index (χ3v) is 9.07. The summed E-state index contributed by atoms with van der Waals surface area (Å²) in [5, 5.41) is 4.25. The molecule has 0 bridgehead atoms. The van der Waals surface area contributed by atoms with E-state index in [4.69, 9.17) is 4.98 Å². The van der Waals surface area contributed by atoms with E-state index in [9.17, 15) is 9.59 Å². The van der Waals surface area contributed by atoms with Gasteiger partial charge in [-0.25, -0.2) is 4.98 Å². The van der Waals surface area contributed by atoms with Gasteiger partial charge in [0, 0.05) is 17.1 Å². The van der Waals surface area contributed by atoms with Gasteiger partial charge in [-0.1, -0.05) is 57.7 Å². The Morgan fingerprint density at radius 2 is 1.91 bits per heavy atom. The summed E-state index contributed by atoms with van der Waals surface area (Å²) in [6.45, 7) is 13.1. The van der Waals surface area contributed by atoms with Crippen molar-refractivity contribution in [3.63, 3.8) is 0 Å². The molecule has 0 radical (unpaired) electrons. The fraction of sp³-hybridized carbons (Fsp3) is 0.536. The minimum Gasteiger partial charge on any atom is -0.325 e. The largest absolute Gasteiger partial charge is 0.325 e. The molecule has 1 aliphatic rings. The zero-order valence-electron chi connectivity index (χ0n) is 21.7. The molecular weight excluding hydrogens is 474 g/mol. The lowest BCUT2D eigenvalue weighted by Gasteiger charge is -2.20. The summed E-state index contributed by atoms with van der Waals surface area (Å²) < 4.78 is 1.83. The molecule has 1 N–H and O–H groups in total. The van der Waals surface area contributed by atoms with Gasteiger partial charge in [-0.05, 0) is 74.5 Å². The van der Waals surface area contributed by atoms with Crippen molar-refractivity contribution in [3.05, 3.63) is 50.1 Å². The number of amides is 1. The first-order valence-electron chi connectivity index (χ1n) is 12.8. The minimum absolute atomic E-state index is 0.0613. The van der Waals surface area contributed by atoms with Crippen LogP contribution in [0.4, 0.5) is 5.69 Å². The predicted octanol–water partition coefficient (Wildman–Crippen LogP) is 6.93. The van der Waals surface area contributed by atoms with Gasteiger partial charge in [-0.15, -0.1) is 11.3 Å². The van der Waals surface area contributed by atoms with Crippen molar-refractivity contribution in [1.82, 2.24) is 9.55 Å². The van der Waals surface area contributed by atoms with Crippen LogP contribution in [0.2, 0.25) is 0 Å². The molecule has 5 nitrogen and oxygen atoms in total. The molecule has 0 fully saturated rings. The standard InChI is InChI=1S/C28H37N3O2S2/c1-16(2)14-15-31-27(33)23-21-11-7-8-13-22(21)35-26(23)30-28(31)34-19(6)25(32)29-24-18(5)10-9-12-20(24)17(3)4/h9-10,12,16-17,19H,7-8,11,13-15H2,1-6H3,(H,29,32)/t19-/m0/s1. The third kappa shape index (κ3) is 5.51. The summed E-state index contributed by atoms with van der Waals surface area (Å²) in [6.07, 6.45) is 5.22. The van der Waals surface area contributed by atoms with Crippen LogP contribution in [0.15, 0.2) is 28.2 Å². The number of anilines is 1. The number of thiophene rings is 1. The fourth-order valence-electron chi connectivity index (χ4n) is 4.67. The normalized spacial score (nSPS) is 14.5. The zero-order valence-corrected chi connectivity index (χ0v) is 23.4. The van der Waals surface area contributed by atoms with Gasteiger partial charge in [0.1, 0.15) is 4.83 Å². The smallest absolute Gasteiger partial charge is 0.263 e. The Labute approximate surface area is 216 Å². The number of thioether (sulfide) groups is 1. The van der Waals surface area contributed by atoms with Gasteiger partial charge >= 0.3 is 0 Å². The van der Waals surface area contributed by atoms with E-state index >= 15 is 0 Å². The Kier molecular flexibility index (Phi) is 8.06. The highest BCUT2D eigenvalue weighted by Crippen LogP contribution is 2.35. The van der Waals surface area contributed by atoms with Crippen LogP contribution < -0.4 is 10.9 Å². The minimum atomic E-state index is -0.390. The van der Waals surface area contributed by atoms with Gasteiger partial charge in [0.05, 0.1) is 10.6 Å². The maximum Gasteiger partial charge on any atom is 0.263 e. The molecule has 0 saturated carbocycles. The van der Waals surface area contributed by atoms with Crippen LogP contribution in [-0.4, -0.2) is 20.7 Å². The molecule has 1 atom stereocenters. The van der Waals surface area contributed by atoms with Crippen molar-refractivity contribution >= 4 is 44.9 Å². The van der Waals surface area contributed by atoms with Crippen LogP contribution in [0, 0.1) is 12.8 Å². The number of carbonyl (C=O) groups is 1. The van der Waals surface area contributed by atoms with E-state index in [2.05, 4.69) is 39.1 Å². The zero-order chi connectivity index (χ0) is 25.3. The molecule has 1 aromatic carbocycles. The Balaban J connectivity index is 1.66. The highest BCUT2D eigenvalue weighted by Gasteiger charge is 2.25. The Hall–Kier alpha value is -2.12.